The van der Waals surface area contributed by atoms with Gasteiger partial charge in [0.25, 0.3) is 5.56 Å². The van der Waals surface area contributed by atoms with Crippen molar-refractivity contribution in [3.05, 3.63) is 72.7 Å². The van der Waals surface area contributed by atoms with Gasteiger partial charge in [-0.15, -0.1) is 0 Å². The van der Waals surface area contributed by atoms with Gasteiger partial charge in [-0.25, -0.2) is 9.78 Å². The minimum atomic E-state index is -0.759. The van der Waals surface area contributed by atoms with Crippen LogP contribution in [0.3, 0.4) is 0 Å². The third kappa shape index (κ3) is 3.49. The van der Waals surface area contributed by atoms with Gasteiger partial charge in [-0.1, -0.05) is 46.9 Å². The Kier molecular flexibility index (Phi) is 4.99. The molecule has 2 aromatic carbocycles. The first-order valence-corrected chi connectivity index (χ1v) is 8.31. The largest absolute Gasteiger partial charge is 0.454 e. The summed E-state index contributed by atoms with van der Waals surface area (Å²) in [6.45, 7) is 1.60. The summed E-state index contributed by atoms with van der Waals surface area (Å²) in [5, 5.41) is 0.784. The second kappa shape index (κ2) is 7.04. The summed E-state index contributed by atoms with van der Waals surface area (Å²) in [7, 11) is 0. The van der Waals surface area contributed by atoms with Gasteiger partial charge in [0.15, 0.2) is 0 Å². The molecule has 1 heterocycles. The molecule has 25 heavy (non-hydrogen) atoms. The number of aromatic nitrogens is 2. The molecule has 5 nitrogen and oxygen atoms in total. The highest BCUT2D eigenvalue weighted by Crippen LogP contribution is 2.32. The summed E-state index contributed by atoms with van der Waals surface area (Å²) in [5.74, 6) is -0.542. The maximum absolute atomic E-state index is 12.3. The van der Waals surface area contributed by atoms with Gasteiger partial charge in [-0.2, -0.15) is 0 Å². The van der Waals surface area contributed by atoms with E-state index in [0.29, 0.717) is 10.9 Å². The number of esters is 1. The third-order valence-corrected chi connectivity index (χ3v) is 4.69. The number of nitrogens with one attached hydrogen (secondary N) is 1. The Balaban J connectivity index is 1.89. The number of benzene rings is 2. The molecule has 0 saturated heterocycles. The average molecular weight is 398 g/mol. The lowest BCUT2D eigenvalue weighted by Crippen LogP contribution is -2.15. The number of H-pyrrole nitrogens is 1. The monoisotopic (exact) mass is 396 g/mol. The number of carbonyl (C=O) groups excluding carboxylic acids is 1. The van der Waals surface area contributed by atoms with E-state index in [-0.39, 0.29) is 38.6 Å². The average Bonchev–Trinajstić information content (AvgIpc) is 2.58. The highest BCUT2D eigenvalue weighted by Gasteiger charge is 2.19. The van der Waals surface area contributed by atoms with E-state index in [0.717, 1.165) is 5.56 Å². The third-order valence-electron chi connectivity index (χ3n) is 3.58. The van der Waals surface area contributed by atoms with Crippen molar-refractivity contribution in [2.75, 3.05) is 0 Å². The molecule has 0 saturated carbocycles. The number of nitrogens with zero attached hydrogens (tertiary/aromatic N) is 1. The Morgan fingerprint density at radius 2 is 1.88 bits per heavy atom. The lowest BCUT2D eigenvalue weighted by atomic mass is 10.1. The maximum atomic E-state index is 12.3. The van der Waals surface area contributed by atoms with Crippen molar-refractivity contribution in [2.45, 2.75) is 13.5 Å². The number of hydrogen-bond acceptors (Lipinski definition) is 4. The van der Waals surface area contributed by atoms with E-state index in [1.54, 1.807) is 12.1 Å². The molecule has 0 amide bonds. The summed E-state index contributed by atoms with van der Waals surface area (Å²) in [5.41, 5.74) is 1.06. The van der Waals surface area contributed by atoms with E-state index < -0.39 is 5.97 Å². The SMILES string of the molecule is Cc1cccc2c(=O)[nH]c(COC(=O)c3c(Cl)ccc(Cl)c3Cl)nc12. The van der Waals surface area contributed by atoms with Crippen LogP contribution in [0, 0.1) is 6.92 Å². The smallest absolute Gasteiger partial charge is 0.341 e. The Hall–Kier alpha value is -2.08. The molecule has 3 rings (SSSR count). The molecular weight excluding hydrogens is 387 g/mol. The first-order chi connectivity index (χ1) is 11.9. The van der Waals surface area contributed by atoms with Crippen LogP contribution in [0.2, 0.25) is 15.1 Å². The minimum Gasteiger partial charge on any atom is -0.454 e. The van der Waals surface area contributed by atoms with Crippen LogP contribution in [-0.4, -0.2) is 15.9 Å². The Morgan fingerprint density at radius 1 is 1.16 bits per heavy atom. The van der Waals surface area contributed by atoms with Crippen LogP contribution in [0.5, 0.6) is 0 Å². The Labute approximate surface area is 157 Å². The molecule has 0 radical (unpaired) electrons. The molecule has 8 heteroatoms. The number of aromatic amines is 1. The Bertz CT molecular complexity index is 1050. The van der Waals surface area contributed by atoms with Gasteiger partial charge in [0.1, 0.15) is 12.4 Å². The summed E-state index contributed by atoms with van der Waals surface area (Å²) < 4.78 is 5.18. The number of carbonyl (C=O) groups is 1. The van der Waals surface area contributed by atoms with Crippen LogP contribution in [0.1, 0.15) is 21.7 Å². The van der Waals surface area contributed by atoms with Crippen LogP contribution in [-0.2, 0) is 11.3 Å². The van der Waals surface area contributed by atoms with Crippen LogP contribution in [0.15, 0.2) is 35.1 Å². The van der Waals surface area contributed by atoms with Gasteiger partial charge in [0, 0.05) is 0 Å². The fourth-order valence-corrected chi connectivity index (χ4v) is 3.02. The molecule has 0 aliphatic carbocycles. The van der Waals surface area contributed by atoms with Crippen LogP contribution >= 0.6 is 34.8 Å². The quantitative estimate of drug-likeness (QED) is 0.520. The molecule has 0 unspecified atom stereocenters. The first kappa shape index (κ1) is 17.7. The van der Waals surface area contributed by atoms with Crippen molar-refractivity contribution in [1.82, 2.24) is 9.97 Å². The van der Waals surface area contributed by atoms with Crippen molar-refractivity contribution in [3.8, 4) is 0 Å². The number of aryl methyl sites for hydroxylation is 1. The minimum absolute atomic E-state index is 0.00924. The molecule has 0 aliphatic heterocycles. The lowest BCUT2D eigenvalue weighted by molar-refractivity contribution is 0.0462. The van der Waals surface area contributed by atoms with Gasteiger partial charge in [0.05, 0.1) is 31.5 Å². The maximum Gasteiger partial charge on any atom is 0.341 e. The van der Waals surface area contributed by atoms with E-state index in [4.69, 9.17) is 39.5 Å². The first-order valence-electron chi connectivity index (χ1n) is 7.17. The van der Waals surface area contributed by atoms with Crippen LogP contribution in [0.4, 0.5) is 0 Å². The van der Waals surface area contributed by atoms with Crippen molar-refractivity contribution >= 4 is 51.7 Å². The van der Waals surface area contributed by atoms with Gasteiger partial charge in [-0.3, -0.25) is 4.79 Å². The van der Waals surface area contributed by atoms with Crippen molar-refractivity contribution < 1.29 is 9.53 Å². The van der Waals surface area contributed by atoms with Gasteiger partial charge >= 0.3 is 5.97 Å². The van der Waals surface area contributed by atoms with Gasteiger partial charge in [0.2, 0.25) is 0 Å². The zero-order valence-electron chi connectivity index (χ0n) is 12.9. The normalized spacial score (nSPS) is 10.9. The molecular formula is C17H11Cl3N2O3. The topological polar surface area (TPSA) is 72.1 Å². The number of ether oxygens (including phenoxy) is 1. The van der Waals surface area contributed by atoms with E-state index in [9.17, 15) is 9.59 Å². The molecule has 1 N–H and O–H groups in total. The second-order valence-electron chi connectivity index (χ2n) is 5.28. The van der Waals surface area contributed by atoms with Crippen LogP contribution < -0.4 is 5.56 Å². The number of halogens is 3. The second-order valence-corrected chi connectivity index (χ2v) is 6.47. The number of fused-ring (bicyclic) bond motifs is 1. The van der Waals surface area contributed by atoms with Crippen molar-refractivity contribution in [3.63, 3.8) is 0 Å². The molecule has 0 spiro atoms. The van der Waals surface area contributed by atoms with Crippen molar-refractivity contribution in [2.24, 2.45) is 0 Å². The summed E-state index contributed by atoms with van der Waals surface area (Å²) in [4.78, 5) is 31.3. The summed E-state index contributed by atoms with van der Waals surface area (Å²) in [6.07, 6.45) is 0. The zero-order chi connectivity index (χ0) is 18.1. The highest BCUT2D eigenvalue weighted by molar-refractivity contribution is 6.46. The Morgan fingerprint density at radius 3 is 2.64 bits per heavy atom. The molecule has 3 aromatic rings. The zero-order valence-corrected chi connectivity index (χ0v) is 15.2. The summed E-state index contributed by atoms with van der Waals surface area (Å²) in [6, 6.07) is 8.23. The predicted octanol–water partition coefficient (Wildman–Crippen LogP) is 4.55. The van der Waals surface area contributed by atoms with E-state index in [1.807, 2.05) is 13.0 Å². The molecule has 0 atom stereocenters. The molecule has 0 fully saturated rings. The summed E-state index contributed by atoms with van der Waals surface area (Å²) >= 11 is 17.9. The van der Waals surface area contributed by atoms with E-state index >= 15 is 0 Å². The lowest BCUT2D eigenvalue weighted by Gasteiger charge is -2.09. The predicted molar refractivity (Wildman–Crippen MR) is 97.7 cm³/mol. The molecule has 128 valence electrons. The fraction of sp³-hybridized carbons (Fsp3) is 0.118. The number of para-hydroxylation sites is 1. The highest BCUT2D eigenvalue weighted by atomic mass is 35.5. The van der Waals surface area contributed by atoms with Gasteiger partial charge < -0.3 is 9.72 Å². The van der Waals surface area contributed by atoms with Crippen LogP contribution in [0.25, 0.3) is 10.9 Å². The van der Waals surface area contributed by atoms with E-state index in [1.165, 1.54) is 12.1 Å². The van der Waals surface area contributed by atoms with Crippen molar-refractivity contribution in [1.29, 1.82) is 0 Å². The van der Waals surface area contributed by atoms with E-state index in [2.05, 4.69) is 9.97 Å². The molecule has 0 aliphatic rings. The fourth-order valence-electron chi connectivity index (χ4n) is 2.34. The number of hydrogen-bond donors (Lipinski definition) is 1. The number of rotatable bonds is 3. The molecule has 1 aromatic heterocycles. The standard InChI is InChI=1S/C17H11Cl3N2O3/c1-8-3-2-4-9-15(8)21-12(22-16(9)23)7-25-17(24)13-10(18)5-6-11(19)14(13)20/h2-6H,7H2,1H3,(H,21,22,23). The molecule has 0 bridgehead atoms. The van der Waals surface area contributed by atoms with Gasteiger partial charge in [-0.05, 0) is 30.7 Å².